The molecule has 0 unspecified atom stereocenters. The van der Waals surface area contributed by atoms with Crippen LogP contribution in [0.2, 0.25) is 0 Å². The fourth-order valence-corrected chi connectivity index (χ4v) is 1.72. The molecule has 3 heteroatoms. The van der Waals surface area contributed by atoms with Crippen molar-refractivity contribution in [2.75, 3.05) is 0 Å². The van der Waals surface area contributed by atoms with E-state index in [1.807, 2.05) is 41.8 Å². The molecule has 2 rings (SSSR count). The molecule has 2 aromatic rings. The summed E-state index contributed by atoms with van der Waals surface area (Å²) in [6.45, 7) is 2.00. The van der Waals surface area contributed by atoms with Crippen LogP contribution >= 0.6 is 0 Å². The molecule has 1 heterocycles. The molecule has 0 radical (unpaired) electrons. The van der Waals surface area contributed by atoms with Gasteiger partial charge in [-0.25, -0.2) is 0 Å². The maximum absolute atomic E-state index is 8.98. The van der Waals surface area contributed by atoms with Crippen molar-refractivity contribution in [3.63, 3.8) is 0 Å². The van der Waals surface area contributed by atoms with Crippen LogP contribution in [0.5, 0.6) is 0 Å². The molecule has 0 saturated heterocycles. The van der Waals surface area contributed by atoms with Crippen LogP contribution in [-0.4, -0.2) is 9.67 Å². The number of aliphatic hydroxyl groups is 1. The highest BCUT2D eigenvalue weighted by molar-refractivity contribution is 5.42. The second-order valence-electron chi connectivity index (χ2n) is 3.63. The van der Waals surface area contributed by atoms with Crippen LogP contribution in [0.1, 0.15) is 17.0 Å². The molecule has 1 aromatic carbocycles. The third-order valence-electron chi connectivity index (χ3n) is 2.57. The normalized spacial score (nSPS) is 10.1. The Kier molecular flexibility index (Phi) is 2.76. The van der Waals surface area contributed by atoms with E-state index >= 15 is 0 Å². The van der Waals surface area contributed by atoms with E-state index in [0.29, 0.717) is 5.69 Å². The Morgan fingerprint density at radius 1 is 1.19 bits per heavy atom. The third kappa shape index (κ3) is 1.71. The number of hydrogen-bond donors (Lipinski definition) is 1. The zero-order chi connectivity index (χ0) is 11.5. The van der Waals surface area contributed by atoms with Gasteiger partial charge in [0, 0.05) is 11.4 Å². The fraction of sp³-hybridized carbons (Fsp3) is 0.154. The third-order valence-corrected chi connectivity index (χ3v) is 2.57. The number of nitrogens with zero attached hydrogens (tertiary/aromatic N) is 2. The standard InChI is InChI=1S/C13H12N2O/c1-10-2-5-13(8-14)15(10)12-6-3-11(9-16)4-7-12/h2-7,16H,9H2,1H3. The van der Waals surface area contributed by atoms with Gasteiger partial charge < -0.3 is 9.67 Å². The highest BCUT2D eigenvalue weighted by atomic mass is 16.3. The molecule has 0 aliphatic heterocycles. The number of benzene rings is 1. The van der Waals surface area contributed by atoms with Crippen LogP contribution in [0.15, 0.2) is 36.4 Å². The van der Waals surface area contributed by atoms with Gasteiger partial charge >= 0.3 is 0 Å². The zero-order valence-corrected chi connectivity index (χ0v) is 9.01. The van der Waals surface area contributed by atoms with E-state index in [9.17, 15) is 0 Å². The van der Waals surface area contributed by atoms with Crippen molar-refractivity contribution >= 4 is 0 Å². The molecule has 3 nitrogen and oxygen atoms in total. The van der Waals surface area contributed by atoms with E-state index in [1.165, 1.54) is 0 Å². The Labute approximate surface area is 94.2 Å². The number of hydrogen-bond acceptors (Lipinski definition) is 2. The highest BCUT2D eigenvalue weighted by Crippen LogP contribution is 2.16. The molecule has 1 N–H and O–H groups in total. The van der Waals surface area contributed by atoms with Gasteiger partial charge in [0.1, 0.15) is 11.8 Å². The summed E-state index contributed by atoms with van der Waals surface area (Å²) in [5.41, 5.74) is 3.45. The molecule has 0 spiro atoms. The Hall–Kier alpha value is -2.05. The van der Waals surface area contributed by atoms with Crippen molar-refractivity contribution in [2.24, 2.45) is 0 Å². The predicted molar refractivity (Wildman–Crippen MR) is 61.1 cm³/mol. The molecule has 1 aromatic heterocycles. The van der Waals surface area contributed by atoms with E-state index in [-0.39, 0.29) is 6.61 Å². The van der Waals surface area contributed by atoms with Crippen molar-refractivity contribution < 1.29 is 5.11 Å². The summed E-state index contributed by atoms with van der Waals surface area (Å²) in [5.74, 6) is 0. The van der Waals surface area contributed by atoms with E-state index in [2.05, 4.69) is 6.07 Å². The molecule has 0 aliphatic carbocycles. The Balaban J connectivity index is 2.50. The van der Waals surface area contributed by atoms with Crippen molar-refractivity contribution in [1.82, 2.24) is 4.57 Å². The molecular formula is C13H12N2O. The number of aryl methyl sites for hydroxylation is 1. The molecule has 0 atom stereocenters. The summed E-state index contributed by atoms with van der Waals surface area (Å²) in [4.78, 5) is 0. The first-order valence-electron chi connectivity index (χ1n) is 5.05. The van der Waals surface area contributed by atoms with E-state index in [1.54, 1.807) is 6.07 Å². The predicted octanol–water partition coefficient (Wildman–Crippen LogP) is 2.15. The first kappa shape index (κ1) is 10.5. The molecular weight excluding hydrogens is 200 g/mol. The van der Waals surface area contributed by atoms with Crippen LogP contribution in [0.4, 0.5) is 0 Å². The van der Waals surface area contributed by atoms with Gasteiger partial charge in [-0.3, -0.25) is 0 Å². The van der Waals surface area contributed by atoms with E-state index in [0.717, 1.165) is 16.9 Å². The SMILES string of the molecule is Cc1ccc(C#N)n1-c1ccc(CO)cc1. The Morgan fingerprint density at radius 3 is 2.44 bits per heavy atom. The number of nitriles is 1. The molecule has 80 valence electrons. The molecule has 0 saturated carbocycles. The lowest BCUT2D eigenvalue weighted by Gasteiger charge is -2.08. The van der Waals surface area contributed by atoms with Gasteiger partial charge in [0.15, 0.2) is 0 Å². The quantitative estimate of drug-likeness (QED) is 0.829. The summed E-state index contributed by atoms with van der Waals surface area (Å²) in [6, 6.07) is 13.4. The lowest BCUT2D eigenvalue weighted by atomic mass is 10.2. The number of rotatable bonds is 2. The van der Waals surface area contributed by atoms with Crippen LogP contribution < -0.4 is 0 Å². The van der Waals surface area contributed by atoms with Crippen molar-refractivity contribution in [1.29, 1.82) is 5.26 Å². The Morgan fingerprint density at radius 2 is 1.88 bits per heavy atom. The maximum Gasteiger partial charge on any atom is 0.124 e. The van der Waals surface area contributed by atoms with Crippen LogP contribution in [0.25, 0.3) is 5.69 Å². The minimum absolute atomic E-state index is 0.0377. The second-order valence-corrected chi connectivity index (χ2v) is 3.63. The summed E-state index contributed by atoms with van der Waals surface area (Å²) >= 11 is 0. The van der Waals surface area contributed by atoms with Gasteiger partial charge in [-0.05, 0) is 36.8 Å². The number of aliphatic hydroxyl groups excluding tert-OH is 1. The Bertz CT molecular complexity index is 532. The van der Waals surface area contributed by atoms with Gasteiger partial charge in [-0.2, -0.15) is 5.26 Å². The summed E-state index contributed by atoms with van der Waals surface area (Å²) in [7, 11) is 0. The minimum Gasteiger partial charge on any atom is -0.392 e. The summed E-state index contributed by atoms with van der Waals surface area (Å²) < 4.78 is 1.89. The van der Waals surface area contributed by atoms with Crippen LogP contribution in [0, 0.1) is 18.3 Å². The first-order valence-corrected chi connectivity index (χ1v) is 5.05. The molecule has 16 heavy (non-hydrogen) atoms. The van der Waals surface area contributed by atoms with Crippen LogP contribution in [-0.2, 0) is 6.61 Å². The molecule has 0 fully saturated rings. The van der Waals surface area contributed by atoms with Crippen LogP contribution in [0.3, 0.4) is 0 Å². The summed E-state index contributed by atoms with van der Waals surface area (Å²) in [5, 5.41) is 17.9. The molecule has 0 bridgehead atoms. The molecule has 0 aliphatic rings. The number of aromatic nitrogens is 1. The molecule has 0 amide bonds. The van der Waals surface area contributed by atoms with Gasteiger partial charge in [0.2, 0.25) is 0 Å². The van der Waals surface area contributed by atoms with E-state index in [4.69, 9.17) is 10.4 Å². The van der Waals surface area contributed by atoms with Gasteiger partial charge in [-0.1, -0.05) is 12.1 Å². The smallest absolute Gasteiger partial charge is 0.124 e. The maximum atomic E-state index is 8.98. The lowest BCUT2D eigenvalue weighted by Crippen LogP contribution is -1.99. The van der Waals surface area contributed by atoms with E-state index < -0.39 is 0 Å². The second kappa shape index (κ2) is 4.21. The van der Waals surface area contributed by atoms with Gasteiger partial charge in [0.25, 0.3) is 0 Å². The zero-order valence-electron chi connectivity index (χ0n) is 9.01. The highest BCUT2D eigenvalue weighted by Gasteiger charge is 2.06. The lowest BCUT2D eigenvalue weighted by molar-refractivity contribution is 0.282. The average Bonchev–Trinajstić information content (AvgIpc) is 2.70. The summed E-state index contributed by atoms with van der Waals surface area (Å²) in [6.07, 6.45) is 0. The monoisotopic (exact) mass is 212 g/mol. The topological polar surface area (TPSA) is 49.0 Å². The fourth-order valence-electron chi connectivity index (χ4n) is 1.72. The van der Waals surface area contributed by atoms with Crippen molar-refractivity contribution in [3.05, 3.63) is 53.3 Å². The minimum atomic E-state index is 0.0377. The van der Waals surface area contributed by atoms with Crippen molar-refractivity contribution in [2.45, 2.75) is 13.5 Å². The van der Waals surface area contributed by atoms with Gasteiger partial charge in [0.05, 0.1) is 6.61 Å². The van der Waals surface area contributed by atoms with Gasteiger partial charge in [-0.15, -0.1) is 0 Å². The largest absolute Gasteiger partial charge is 0.392 e. The first-order chi connectivity index (χ1) is 7.76. The van der Waals surface area contributed by atoms with Crippen molar-refractivity contribution in [3.8, 4) is 11.8 Å². The average molecular weight is 212 g/mol.